The number of hydrogen-bond acceptors (Lipinski definition) is 2. The van der Waals surface area contributed by atoms with Crippen molar-refractivity contribution >= 4 is 11.9 Å². The summed E-state index contributed by atoms with van der Waals surface area (Å²) in [5, 5.41) is 19.4. The van der Waals surface area contributed by atoms with Crippen molar-refractivity contribution in [3.63, 3.8) is 0 Å². The maximum absolute atomic E-state index is 12.0. The Kier molecular flexibility index (Phi) is 10.9. The average Bonchev–Trinajstić information content (AvgIpc) is 2.66. The van der Waals surface area contributed by atoms with Crippen LogP contribution in [0.3, 0.4) is 0 Å². The van der Waals surface area contributed by atoms with Gasteiger partial charge in [-0.1, -0.05) is 85.1 Å². The maximum atomic E-state index is 12.0. The number of unbranched alkanes of at least 4 members (excludes halogenated alkanes) is 6. The van der Waals surface area contributed by atoms with Crippen molar-refractivity contribution in [3.8, 4) is 0 Å². The molecule has 4 nitrogen and oxygen atoms in total. The van der Waals surface area contributed by atoms with Crippen LogP contribution in [-0.2, 0) is 0 Å². The van der Waals surface area contributed by atoms with E-state index in [1.54, 1.807) is 0 Å². The summed E-state index contributed by atoms with van der Waals surface area (Å²) in [7, 11) is 0. The maximum Gasteiger partial charge on any atom is 0.336 e. The Labute approximate surface area is 170 Å². The summed E-state index contributed by atoms with van der Waals surface area (Å²) < 4.78 is 0. The molecule has 2 N–H and O–H groups in total. The molecule has 0 aliphatic heterocycles. The van der Waals surface area contributed by atoms with Crippen LogP contribution in [-0.4, -0.2) is 22.2 Å². The number of aromatic carboxylic acids is 2. The number of rotatable bonds is 14. The monoisotopic (exact) mass is 390 g/mol. The number of carboxylic acids is 2. The zero-order valence-electron chi connectivity index (χ0n) is 18.1. The van der Waals surface area contributed by atoms with Crippen molar-refractivity contribution in [2.75, 3.05) is 0 Å². The zero-order valence-corrected chi connectivity index (χ0v) is 18.1. The SMILES string of the molecule is CCCCCCC(C)c1ccc(C(=O)O)c(C(=O)O)c1C(C)CCCCCC. The second kappa shape index (κ2) is 12.6. The van der Waals surface area contributed by atoms with Crippen LogP contribution in [0.4, 0.5) is 0 Å². The van der Waals surface area contributed by atoms with E-state index in [2.05, 4.69) is 20.8 Å². The third kappa shape index (κ3) is 6.96. The van der Waals surface area contributed by atoms with Gasteiger partial charge in [0.1, 0.15) is 0 Å². The largest absolute Gasteiger partial charge is 0.478 e. The van der Waals surface area contributed by atoms with Gasteiger partial charge in [-0.3, -0.25) is 0 Å². The lowest BCUT2D eigenvalue weighted by Gasteiger charge is -2.24. The van der Waals surface area contributed by atoms with Gasteiger partial charge in [0.2, 0.25) is 0 Å². The lowest BCUT2D eigenvalue weighted by atomic mass is 9.80. The molecule has 0 radical (unpaired) electrons. The van der Waals surface area contributed by atoms with Gasteiger partial charge in [-0.15, -0.1) is 0 Å². The van der Waals surface area contributed by atoms with Gasteiger partial charge in [-0.25, -0.2) is 9.59 Å². The summed E-state index contributed by atoms with van der Waals surface area (Å²) in [6, 6.07) is 3.34. The molecule has 0 aliphatic carbocycles. The Morgan fingerprint density at radius 1 is 0.786 bits per heavy atom. The van der Waals surface area contributed by atoms with Gasteiger partial charge in [-0.2, -0.15) is 0 Å². The fourth-order valence-electron chi connectivity index (χ4n) is 4.06. The van der Waals surface area contributed by atoms with E-state index in [1.807, 2.05) is 13.0 Å². The molecule has 4 heteroatoms. The average molecular weight is 391 g/mol. The summed E-state index contributed by atoms with van der Waals surface area (Å²) >= 11 is 0. The van der Waals surface area contributed by atoms with E-state index in [4.69, 9.17) is 0 Å². The van der Waals surface area contributed by atoms with Crippen molar-refractivity contribution in [1.29, 1.82) is 0 Å². The molecule has 0 aliphatic rings. The topological polar surface area (TPSA) is 74.6 Å². The van der Waals surface area contributed by atoms with E-state index in [1.165, 1.54) is 31.7 Å². The van der Waals surface area contributed by atoms with Gasteiger partial charge in [0, 0.05) is 0 Å². The third-order valence-electron chi connectivity index (χ3n) is 5.73. The summed E-state index contributed by atoms with van der Waals surface area (Å²) in [6.07, 6.45) is 11.1. The number of hydrogen-bond donors (Lipinski definition) is 2. The first-order valence-corrected chi connectivity index (χ1v) is 11.0. The summed E-state index contributed by atoms with van der Waals surface area (Å²) in [4.78, 5) is 23.7. The fourth-order valence-corrected chi connectivity index (χ4v) is 4.06. The normalized spacial score (nSPS) is 13.3. The lowest BCUT2D eigenvalue weighted by Crippen LogP contribution is -2.16. The molecule has 0 saturated heterocycles. The second-order valence-electron chi connectivity index (χ2n) is 8.10. The van der Waals surface area contributed by atoms with Crippen LogP contribution in [0.1, 0.15) is 136 Å². The number of carbonyl (C=O) groups is 2. The molecule has 158 valence electrons. The van der Waals surface area contributed by atoms with Crippen LogP contribution in [0.5, 0.6) is 0 Å². The predicted octanol–water partition coefficient (Wildman–Crippen LogP) is 7.23. The van der Waals surface area contributed by atoms with E-state index < -0.39 is 11.9 Å². The first kappa shape index (κ1) is 24.2. The molecule has 2 unspecified atom stereocenters. The standard InChI is InChI=1S/C24H38O4/c1-5-7-9-11-13-17(3)19-15-16-20(23(25)26)22(24(27)28)21(19)18(4)14-12-10-8-6-2/h15-18H,5-14H2,1-4H3,(H,25,26)(H,27,28). The zero-order chi connectivity index (χ0) is 21.1. The first-order valence-electron chi connectivity index (χ1n) is 11.0. The van der Waals surface area contributed by atoms with Crippen molar-refractivity contribution in [2.45, 2.75) is 104 Å². The van der Waals surface area contributed by atoms with Crippen molar-refractivity contribution < 1.29 is 19.8 Å². The Morgan fingerprint density at radius 2 is 1.32 bits per heavy atom. The number of benzene rings is 1. The van der Waals surface area contributed by atoms with Crippen LogP contribution < -0.4 is 0 Å². The minimum absolute atomic E-state index is 0.00611. The molecule has 1 aromatic rings. The highest BCUT2D eigenvalue weighted by Crippen LogP contribution is 2.36. The highest BCUT2D eigenvalue weighted by molar-refractivity contribution is 6.03. The van der Waals surface area contributed by atoms with Gasteiger partial charge in [-0.05, 0) is 41.9 Å². The minimum Gasteiger partial charge on any atom is -0.478 e. The van der Waals surface area contributed by atoms with E-state index in [-0.39, 0.29) is 23.0 Å². The molecule has 0 saturated carbocycles. The summed E-state index contributed by atoms with van der Waals surface area (Å²) in [5.74, 6) is -2.03. The lowest BCUT2D eigenvalue weighted by molar-refractivity contribution is 0.0650. The molecular formula is C24H38O4. The summed E-state index contributed by atoms with van der Waals surface area (Å²) in [6.45, 7) is 8.54. The molecule has 0 bridgehead atoms. The highest BCUT2D eigenvalue weighted by Gasteiger charge is 2.27. The molecule has 0 aromatic heterocycles. The van der Waals surface area contributed by atoms with Crippen LogP contribution >= 0.6 is 0 Å². The van der Waals surface area contributed by atoms with Gasteiger partial charge in [0.15, 0.2) is 0 Å². The molecule has 0 spiro atoms. The summed E-state index contributed by atoms with van der Waals surface area (Å²) in [5.41, 5.74) is 1.66. The van der Waals surface area contributed by atoms with Crippen molar-refractivity contribution in [3.05, 3.63) is 34.4 Å². The van der Waals surface area contributed by atoms with Crippen LogP contribution in [0.15, 0.2) is 12.1 Å². The molecule has 0 heterocycles. The second-order valence-corrected chi connectivity index (χ2v) is 8.10. The minimum atomic E-state index is -1.17. The fraction of sp³-hybridized carbons (Fsp3) is 0.667. The Morgan fingerprint density at radius 3 is 1.79 bits per heavy atom. The molecule has 28 heavy (non-hydrogen) atoms. The van der Waals surface area contributed by atoms with Gasteiger partial charge >= 0.3 is 11.9 Å². The molecule has 0 fully saturated rings. The number of carboxylic acid groups (broad SMARTS) is 2. The molecular weight excluding hydrogens is 352 g/mol. The molecule has 0 amide bonds. The predicted molar refractivity (Wildman–Crippen MR) is 115 cm³/mol. The van der Waals surface area contributed by atoms with E-state index in [0.29, 0.717) is 0 Å². The van der Waals surface area contributed by atoms with Crippen molar-refractivity contribution in [2.24, 2.45) is 0 Å². The first-order chi connectivity index (χ1) is 13.3. The van der Waals surface area contributed by atoms with Crippen LogP contribution in [0.25, 0.3) is 0 Å². The van der Waals surface area contributed by atoms with Crippen LogP contribution in [0.2, 0.25) is 0 Å². The van der Waals surface area contributed by atoms with Gasteiger partial charge < -0.3 is 10.2 Å². The molecule has 1 rings (SSSR count). The molecule has 2 atom stereocenters. The quantitative estimate of drug-likeness (QED) is 0.328. The highest BCUT2D eigenvalue weighted by atomic mass is 16.4. The Balaban J connectivity index is 3.24. The van der Waals surface area contributed by atoms with E-state index >= 15 is 0 Å². The van der Waals surface area contributed by atoms with Crippen LogP contribution in [0, 0.1) is 0 Å². The Hall–Kier alpha value is -1.84. The van der Waals surface area contributed by atoms with Gasteiger partial charge in [0.05, 0.1) is 11.1 Å². The molecule has 1 aromatic carbocycles. The Bertz CT molecular complexity index is 636. The van der Waals surface area contributed by atoms with Gasteiger partial charge in [0.25, 0.3) is 0 Å². The van der Waals surface area contributed by atoms with E-state index in [9.17, 15) is 19.8 Å². The smallest absolute Gasteiger partial charge is 0.336 e. The van der Waals surface area contributed by atoms with E-state index in [0.717, 1.165) is 49.7 Å². The third-order valence-corrected chi connectivity index (χ3v) is 5.73. The van der Waals surface area contributed by atoms with Crippen molar-refractivity contribution in [1.82, 2.24) is 0 Å².